The lowest BCUT2D eigenvalue weighted by Gasteiger charge is -2.14. The van der Waals surface area contributed by atoms with Crippen LogP contribution in [0, 0.1) is 5.92 Å². The van der Waals surface area contributed by atoms with Crippen LogP contribution in [0.25, 0.3) is 0 Å². The highest BCUT2D eigenvalue weighted by molar-refractivity contribution is 5.92. The lowest BCUT2D eigenvalue weighted by Crippen LogP contribution is -2.26. The van der Waals surface area contributed by atoms with E-state index in [0.29, 0.717) is 6.54 Å². The van der Waals surface area contributed by atoms with Crippen molar-refractivity contribution in [2.45, 2.75) is 26.2 Å². The summed E-state index contributed by atoms with van der Waals surface area (Å²) in [7, 11) is 0. The van der Waals surface area contributed by atoms with Crippen LogP contribution in [0.1, 0.15) is 25.3 Å². The van der Waals surface area contributed by atoms with Crippen molar-refractivity contribution in [3.05, 3.63) is 29.8 Å². The number of hydrogen-bond acceptors (Lipinski definition) is 3. The molecule has 0 aliphatic carbocycles. The first-order chi connectivity index (χ1) is 9.69. The normalized spacial score (nSPS) is 15.5. The van der Waals surface area contributed by atoms with Gasteiger partial charge in [0.1, 0.15) is 0 Å². The molecule has 1 aromatic rings. The highest BCUT2D eigenvalue weighted by Gasteiger charge is 2.12. The molecule has 1 atom stereocenters. The number of nitrogens with one attached hydrogen (secondary N) is 1. The average molecular weight is 348 g/mol. The highest BCUT2D eigenvalue weighted by atomic mass is 35.5. The van der Waals surface area contributed by atoms with Crippen LogP contribution in [0.5, 0.6) is 0 Å². The first kappa shape index (κ1) is 21.2. The number of amides is 1. The molecule has 22 heavy (non-hydrogen) atoms. The van der Waals surface area contributed by atoms with Crippen LogP contribution in [-0.4, -0.2) is 37.0 Å². The SMILES string of the molecule is CC(CN)C(=O)Nc1ccc(CCN2CCCC2)cc1.Cl.Cl. The van der Waals surface area contributed by atoms with Crippen LogP contribution in [0.15, 0.2) is 24.3 Å². The van der Waals surface area contributed by atoms with Crippen LogP contribution < -0.4 is 11.1 Å². The Morgan fingerprint density at radius 1 is 1.23 bits per heavy atom. The molecular weight excluding hydrogens is 321 g/mol. The van der Waals surface area contributed by atoms with E-state index in [1.165, 1.54) is 31.5 Å². The molecule has 1 aliphatic rings. The molecule has 6 heteroatoms. The van der Waals surface area contributed by atoms with E-state index in [-0.39, 0.29) is 36.6 Å². The Bertz CT molecular complexity index is 434. The largest absolute Gasteiger partial charge is 0.330 e. The molecule has 4 nitrogen and oxygen atoms in total. The Balaban J connectivity index is 0.00000220. The van der Waals surface area contributed by atoms with Gasteiger partial charge in [-0.2, -0.15) is 0 Å². The molecule has 126 valence electrons. The molecule has 0 saturated carbocycles. The zero-order chi connectivity index (χ0) is 14.4. The second-order valence-corrected chi connectivity index (χ2v) is 5.62. The van der Waals surface area contributed by atoms with Gasteiger partial charge in [-0.3, -0.25) is 4.79 Å². The summed E-state index contributed by atoms with van der Waals surface area (Å²) in [5.74, 6) is -0.165. The average Bonchev–Trinajstić information content (AvgIpc) is 2.99. The Kier molecular flexibility index (Phi) is 10.4. The maximum atomic E-state index is 11.7. The van der Waals surface area contributed by atoms with Crippen LogP contribution in [0.3, 0.4) is 0 Å². The fourth-order valence-corrected chi connectivity index (χ4v) is 2.42. The first-order valence-electron chi connectivity index (χ1n) is 7.51. The van der Waals surface area contributed by atoms with Gasteiger partial charge in [0.15, 0.2) is 0 Å². The van der Waals surface area contributed by atoms with Crippen molar-refractivity contribution in [3.63, 3.8) is 0 Å². The lowest BCUT2D eigenvalue weighted by molar-refractivity contribution is -0.119. The Morgan fingerprint density at radius 3 is 2.36 bits per heavy atom. The van der Waals surface area contributed by atoms with Crippen LogP contribution in [0.4, 0.5) is 5.69 Å². The Labute approximate surface area is 145 Å². The topological polar surface area (TPSA) is 58.4 Å². The van der Waals surface area contributed by atoms with Gasteiger partial charge in [-0.1, -0.05) is 19.1 Å². The zero-order valence-corrected chi connectivity index (χ0v) is 14.7. The van der Waals surface area contributed by atoms with Crippen molar-refractivity contribution in [1.29, 1.82) is 0 Å². The van der Waals surface area contributed by atoms with E-state index in [2.05, 4.69) is 22.3 Å². The molecule has 1 heterocycles. The predicted octanol–water partition coefficient (Wildman–Crippen LogP) is 2.70. The summed E-state index contributed by atoms with van der Waals surface area (Å²) in [6.45, 7) is 5.83. The van der Waals surface area contributed by atoms with Gasteiger partial charge in [-0.15, -0.1) is 24.8 Å². The molecule has 2 rings (SSSR count). The van der Waals surface area contributed by atoms with Crippen LogP contribution in [0.2, 0.25) is 0 Å². The third kappa shape index (κ3) is 6.53. The molecule has 1 aliphatic heterocycles. The maximum absolute atomic E-state index is 11.7. The molecule has 0 spiro atoms. The third-order valence-electron chi connectivity index (χ3n) is 3.94. The predicted molar refractivity (Wildman–Crippen MR) is 97.2 cm³/mol. The third-order valence-corrected chi connectivity index (χ3v) is 3.94. The summed E-state index contributed by atoms with van der Waals surface area (Å²) >= 11 is 0. The monoisotopic (exact) mass is 347 g/mol. The molecule has 0 bridgehead atoms. The molecule has 1 amide bonds. The number of anilines is 1. The van der Waals surface area contributed by atoms with E-state index in [0.717, 1.165) is 18.7 Å². The minimum absolute atomic E-state index is 0. The minimum Gasteiger partial charge on any atom is -0.330 e. The van der Waals surface area contributed by atoms with Crippen molar-refractivity contribution in [1.82, 2.24) is 4.90 Å². The minimum atomic E-state index is -0.148. The van der Waals surface area contributed by atoms with Gasteiger partial charge in [0.25, 0.3) is 0 Å². The lowest BCUT2D eigenvalue weighted by atomic mass is 10.1. The fourth-order valence-electron chi connectivity index (χ4n) is 2.42. The van der Waals surface area contributed by atoms with Crippen molar-refractivity contribution in [2.24, 2.45) is 11.7 Å². The molecule has 1 unspecified atom stereocenters. The van der Waals surface area contributed by atoms with Crippen molar-refractivity contribution in [3.8, 4) is 0 Å². The van der Waals surface area contributed by atoms with Crippen molar-refractivity contribution in [2.75, 3.05) is 31.5 Å². The quantitative estimate of drug-likeness (QED) is 0.831. The number of benzene rings is 1. The summed E-state index contributed by atoms with van der Waals surface area (Å²) < 4.78 is 0. The number of carbonyl (C=O) groups is 1. The molecular formula is C16H27Cl2N3O. The van der Waals surface area contributed by atoms with Gasteiger partial charge in [-0.25, -0.2) is 0 Å². The first-order valence-corrected chi connectivity index (χ1v) is 7.51. The number of hydrogen-bond donors (Lipinski definition) is 2. The van der Waals surface area contributed by atoms with Crippen LogP contribution in [-0.2, 0) is 11.2 Å². The van der Waals surface area contributed by atoms with Crippen LogP contribution >= 0.6 is 24.8 Å². The Hall–Kier alpha value is -0.810. The molecule has 1 aromatic carbocycles. The number of rotatable bonds is 6. The molecule has 1 saturated heterocycles. The van der Waals surface area contributed by atoms with E-state index in [1.807, 2.05) is 19.1 Å². The highest BCUT2D eigenvalue weighted by Crippen LogP contribution is 2.13. The van der Waals surface area contributed by atoms with Gasteiger partial charge < -0.3 is 16.0 Å². The van der Waals surface area contributed by atoms with E-state index in [1.54, 1.807) is 0 Å². The van der Waals surface area contributed by atoms with E-state index < -0.39 is 0 Å². The summed E-state index contributed by atoms with van der Waals surface area (Å²) in [5, 5.41) is 2.89. The zero-order valence-electron chi connectivity index (χ0n) is 13.1. The Morgan fingerprint density at radius 2 is 1.82 bits per heavy atom. The number of nitrogens with two attached hydrogens (primary N) is 1. The van der Waals surface area contributed by atoms with E-state index in [9.17, 15) is 4.79 Å². The second-order valence-electron chi connectivity index (χ2n) is 5.62. The molecule has 0 radical (unpaired) electrons. The van der Waals surface area contributed by atoms with Gasteiger partial charge in [0.2, 0.25) is 5.91 Å². The van der Waals surface area contributed by atoms with Gasteiger partial charge in [-0.05, 0) is 50.0 Å². The number of likely N-dealkylation sites (tertiary alicyclic amines) is 1. The number of carbonyl (C=O) groups excluding carboxylic acids is 1. The standard InChI is InChI=1S/C16H25N3O.2ClH/c1-13(12-17)16(20)18-15-6-4-14(5-7-15)8-11-19-9-2-3-10-19;;/h4-7,13H,2-3,8-12,17H2,1H3,(H,18,20);2*1H. The summed E-state index contributed by atoms with van der Waals surface area (Å²) in [5.41, 5.74) is 7.65. The van der Waals surface area contributed by atoms with Gasteiger partial charge in [0, 0.05) is 24.7 Å². The van der Waals surface area contributed by atoms with E-state index >= 15 is 0 Å². The summed E-state index contributed by atoms with van der Waals surface area (Å²) in [6.07, 6.45) is 3.75. The number of halogens is 2. The summed E-state index contributed by atoms with van der Waals surface area (Å²) in [4.78, 5) is 14.2. The van der Waals surface area contributed by atoms with Gasteiger partial charge >= 0.3 is 0 Å². The molecule has 3 N–H and O–H groups in total. The molecule has 1 fully saturated rings. The smallest absolute Gasteiger partial charge is 0.228 e. The summed E-state index contributed by atoms with van der Waals surface area (Å²) in [6, 6.07) is 8.14. The number of nitrogens with zero attached hydrogens (tertiary/aromatic N) is 1. The van der Waals surface area contributed by atoms with Gasteiger partial charge in [0.05, 0.1) is 0 Å². The van der Waals surface area contributed by atoms with Crippen molar-refractivity contribution < 1.29 is 4.79 Å². The van der Waals surface area contributed by atoms with E-state index in [4.69, 9.17) is 5.73 Å². The maximum Gasteiger partial charge on any atom is 0.228 e. The van der Waals surface area contributed by atoms with Crippen molar-refractivity contribution >= 4 is 36.4 Å². The second kappa shape index (κ2) is 10.8. The molecule has 0 aromatic heterocycles. The fraction of sp³-hybridized carbons (Fsp3) is 0.562.